The molecule has 1 heterocycles. The van der Waals surface area contributed by atoms with Gasteiger partial charge in [-0.15, -0.1) is 0 Å². The molecule has 2 aliphatic rings. The Labute approximate surface area is 207 Å². The molecule has 2 amide bonds. The van der Waals surface area contributed by atoms with Gasteiger partial charge in [-0.05, 0) is 56.0 Å². The molecule has 4 rings (SSSR count). The van der Waals surface area contributed by atoms with E-state index in [9.17, 15) is 18.0 Å². The van der Waals surface area contributed by atoms with Crippen LogP contribution in [0.5, 0.6) is 11.5 Å². The molecule has 2 aromatic rings. The topological polar surface area (TPSA) is 96.0 Å². The second kappa shape index (κ2) is 10.8. The van der Waals surface area contributed by atoms with Gasteiger partial charge in [-0.1, -0.05) is 32.0 Å². The van der Waals surface area contributed by atoms with Crippen LogP contribution in [0.1, 0.15) is 39.5 Å². The molecule has 1 atom stereocenters. The number of hydrogen-bond donors (Lipinski definition) is 1. The van der Waals surface area contributed by atoms with E-state index in [1.54, 1.807) is 36.9 Å². The summed E-state index contributed by atoms with van der Waals surface area (Å²) >= 11 is 0. The minimum atomic E-state index is -3.72. The van der Waals surface area contributed by atoms with Crippen molar-refractivity contribution >= 4 is 27.5 Å². The van der Waals surface area contributed by atoms with E-state index in [0.717, 1.165) is 19.3 Å². The third kappa shape index (κ3) is 5.85. The minimum Gasteiger partial charge on any atom is -0.455 e. The fourth-order valence-electron chi connectivity index (χ4n) is 4.40. The SMILES string of the molecule is CCN(CC)S(=O)(=O)c1ccc(Oc2ccccc2)c(NC(=O)C2CCCN(C(=O)C3CC3)C2)c1. The van der Waals surface area contributed by atoms with Crippen LogP contribution >= 0.6 is 0 Å². The fourth-order valence-corrected chi connectivity index (χ4v) is 5.88. The van der Waals surface area contributed by atoms with Gasteiger partial charge >= 0.3 is 0 Å². The van der Waals surface area contributed by atoms with Gasteiger partial charge in [-0.2, -0.15) is 4.31 Å². The van der Waals surface area contributed by atoms with Gasteiger partial charge in [0.15, 0.2) is 5.75 Å². The van der Waals surface area contributed by atoms with Crippen LogP contribution < -0.4 is 10.1 Å². The Morgan fingerprint density at radius 2 is 1.74 bits per heavy atom. The van der Waals surface area contributed by atoms with Crippen molar-refractivity contribution in [3.8, 4) is 11.5 Å². The summed E-state index contributed by atoms with van der Waals surface area (Å²) in [4.78, 5) is 27.7. The molecule has 9 heteroatoms. The Balaban J connectivity index is 1.59. The Morgan fingerprint density at radius 3 is 2.40 bits per heavy atom. The quantitative estimate of drug-likeness (QED) is 0.561. The van der Waals surface area contributed by atoms with Crippen molar-refractivity contribution in [3.05, 3.63) is 48.5 Å². The largest absolute Gasteiger partial charge is 0.455 e. The normalized spacial score (nSPS) is 18.4. The molecule has 0 bridgehead atoms. The highest BCUT2D eigenvalue weighted by molar-refractivity contribution is 7.89. The summed E-state index contributed by atoms with van der Waals surface area (Å²) in [6.45, 7) is 5.32. The molecule has 35 heavy (non-hydrogen) atoms. The number of likely N-dealkylation sites (tertiary alicyclic amines) is 1. The standard InChI is InChI=1S/C26H33N3O5S/c1-3-29(4-2)35(32,33)22-14-15-24(34-21-10-6-5-7-11-21)23(17-22)27-25(30)20-9-8-16-28(18-20)26(31)19-12-13-19/h5-7,10-11,14-15,17,19-20H,3-4,8-9,12-13,16,18H2,1-2H3,(H,27,30). The van der Waals surface area contributed by atoms with E-state index in [0.29, 0.717) is 44.1 Å². The van der Waals surface area contributed by atoms with Crippen molar-refractivity contribution in [2.75, 3.05) is 31.5 Å². The fraction of sp³-hybridized carbons (Fsp3) is 0.462. The molecule has 188 valence electrons. The number of carbonyl (C=O) groups excluding carboxylic acids is 2. The number of benzene rings is 2. The lowest BCUT2D eigenvalue weighted by atomic mass is 9.96. The van der Waals surface area contributed by atoms with Crippen molar-refractivity contribution in [3.63, 3.8) is 0 Å². The van der Waals surface area contributed by atoms with E-state index in [-0.39, 0.29) is 34.2 Å². The van der Waals surface area contributed by atoms with E-state index in [2.05, 4.69) is 5.32 Å². The summed E-state index contributed by atoms with van der Waals surface area (Å²) in [5, 5.41) is 2.91. The number of hydrogen-bond acceptors (Lipinski definition) is 5. The molecule has 0 aromatic heterocycles. The number of nitrogens with one attached hydrogen (secondary N) is 1. The molecule has 1 N–H and O–H groups in total. The highest BCUT2D eigenvalue weighted by Gasteiger charge is 2.37. The molecule has 2 aromatic carbocycles. The van der Waals surface area contributed by atoms with Crippen LogP contribution in [0.2, 0.25) is 0 Å². The highest BCUT2D eigenvalue weighted by Crippen LogP contribution is 2.35. The van der Waals surface area contributed by atoms with E-state index in [1.165, 1.54) is 16.4 Å². The number of nitrogens with zero attached hydrogens (tertiary/aromatic N) is 2. The zero-order valence-corrected chi connectivity index (χ0v) is 21.1. The number of sulfonamides is 1. The molecule has 1 unspecified atom stereocenters. The monoisotopic (exact) mass is 499 g/mol. The van der Waals surface area contributed by atoms with Crippen LogP contribution in [-0.4, -0.2) is 55.6 Å². The summed E-state index contributed by atoms with van der Waals surface area (Å²) in [6, 6.07) is 13.6. The van der Waals surface area contributed by atoms with Gasteiger partial charge < -0.3 is 15.0 Å². The Kier molecular flexibility index (Phi) is 7.76. The number of anilines is 1. The molecule has 1 saturated carbocycles. The molecule has 0 spiro atoms. The summed E-state index contributed by atoms with van der Waals surface area (Å²) in [5.74, 6) is 0.575. The van der Waals surface area contributed by atoms with E-state index in [1.807, 2.05) is 18.2 Å². The van der Waals surface area contributed by atoms with Gasteiger partial charge in [0.2, 0.25) is 21.8 Å². The molecule has 8 nitrogen and oxygen atoms in total. The first-order chi connectivity index (χ1) is 16.8. The first-order valence-electron chi connectivity index (χ1n) is 12.3. The van der Waals surface area contributed by atoms with Crippen LogP contribution in [0.3, 0.4) is 0 Å². The maximum atomic E-state index is 13.3. The van der Waals surface area contributed by atoms with Gasteiger partial charge in [0.25, 0.3) is 0 Å². The molecule has 1 aliphatic carbocycles. The summed E-state index contributed by atoms with van der Waals surface area (Å²) < 4.78 is 33.6. The molecular formula is C26H33N3O5S. The number of rotatable bonds is 9. The minimum absolute atomic E-state index is 0.0890. The van der Waals surface area contributed by atoms with Crippen LogP contribution in [0, 0.1) is 11.8 Å². The van der Waals surface area contributed by atoms with Crippen molar-refractivity contribution in [1.29, 1.82) is 0 Å². The van der Waals surface area contributed by atoms with Crippen LogP contribution in [-0.2, 0) is 19.6 Å². The number of ether oxygens (including phenoxy) is 1. The van der Waals surface area contributed by atoms with Gasteiger partial charge in [0, 0.05) is 32.1 Å². The third-order valence-electron chi connectivity index (χ3n) is 6.55. The summed E-state index contributed by atoms with van der Waals surface area (Å²) in [6.07, 6.45) is 3.30. The molecule has 0 radical (unpaired) electrons. The van der Waals surface area contributed by atoms with E-state index in [4.69, 9.17) is 4.74 Å². The zero-order valence-electron chi connectivity index (χ0n) is 20.3. The van der Waals surface area contributed by atoms with Gasteiger partial charge in [-0.25, -0.2) is 8.42 Å². The first kappa shape index (κ1) is 25.2. The second-order valence-corrected chi connectivity index (χ2v) is 11.0. The lowest BCUT2D eigenvalue weighted by Gasteiger charge is -2.32. The maximum Gasteiger partial charge on any atom is 0.243 e. The number of para-hydroxylation sites is 1. The van der Waals surface area contributed by atoms with Gasteiger partial charge in [0.1, 0.15) is 5.75 Å². The Bertz CT molecular complexity index is 1160. The van der Waals surface area contributed by atoms with E-state index < -0.39 is 10.0 Å². The summed E-state index contributed by atoms with van der Waals surface area (Å²) in [5.41, 5.74) is 0.290. The first-order valence-corrected chi connectivity index (χ1v) is 13.7. The molecule has 1 aliphatic heterocycles. The zero-order chi connectivity index (χ0) is 25.0. The van der Waals surface area contributed by atoms with Crippen molar-refractivity contribution in [2.45, 2.75) is 44.4 Å². The maximum absolute atomic E-state index is 13.3. The average molecular weight is 500 g/mol. The number of carbonyl (C=O) groups is 2. The lowest BCUT2D eigenvalue weighted by Crippen LogP contribution is -2.44. The van der Waals surface area contributed by atoms with Crippen LogP contribution in [0.15, 0.2) is 53.4 Å². The lowest BCUT2D eigenvalue weighted by molar-refractivity contribution is -0.135. The van der Waals surface area contributed by atoms with Crippen LogP contribution in [0.25, 0.3) is 0 Å². The van der Waals surface area contributed by atoms with Crippen molar-refractivity contribution in [2.24, 2.45) is 11.8 Å². The number of piperidine rings is 1. The second-order valence-electron chi connectivity index (χ2n) is 9.05. The number of amides is 2. The smallest absolute Gasteiger partial charge is 0.243 e. The van der Waals surface area contributed by atoms with Crippen molar-refractivity contribution < 1.29 is 22.7 Å². The van der Waals surface area contributed by atoms with Gasteiger partial charge in [0.05, 0.1) is 16.5 Å². The molecular weight excluding hydrogens is 466 g/mol. The van der Waals surface area contributed by atoms with Crippen LogP contribution in [0.4, 0.5) is 5.69 Å². The predicted molar refractivity (Wildman–Crippen MR) is 134 cm³/mol. The Hall–Kier alpha value is -2.91. The summed E-state index contributed by atoms with van der Waals surface area (Å²) in [7, 11) is -3.72. The average Bonchev–Trinajstić information content (AvgIpc) is 3.71. The van der Waals surface area contributed by atoms with Crippen molar-refractivity contribution in [1.82, 2.24) is 9.21 Å². The predicted octanol–water partition coefficient (Wildman–Crippen LogP) is 4.10. The van der Waals surface area contributed by atoms with E-state index >= 15 is 0 Å². The van der Waals surface area contributed by atoms with Gasteiger partial charge in [-0.3, -0.25) is 9.59 Å². The molecule has 1 saturated heterocycles. The third-order valence-corrected chi connectivity index (χ3v) is 8.60. The highest BCUT2D eigenvalue weighted by atomic mass is 32.2. The molecule has 2 fully saturated rings. The Morgan fingerprint density at radius 1 is 1.03 bits per heavy atom.